The van der Waals surface area contributed by atoms with Crippen molar-refractivity contribution in [3.8, 4) is 5.69 Å². The lowest BCUT2D eigenvalue weighted by Gasteiger charge is -2.02. The molecule has 0 fully saturated rings. The summed E-state index contributed by atoms with van der Waals surface area (Å²) in [6.45, 7) is 0. The first-order valence-electron chi connectivity index (χ1n) is 6.54. The number of ketones is 1. The molecule has 21 heavy (non-hydrogen) atoms. The van der Waals surface area contributed by atoms with Crippen molar-refractivity contribution in [3.63, 3.8) is 0 Å². The first kappa shape index (κ1) is 13.0. The number of rotatable bonds is 4. The zero-order valence-electron chi connectivity index (χ0n) is 11.3. The Hall–Kier alpha value is -3.01. The smallest absolute Gasteiger partial charge is 0.185 e. The molecule has 4 nitrogen and oxygen atoms in total. The molecule has 3 aromatic rings. The third-order valence-electron chi connectivity index (χ3n) is 3.07. The Balaban J connectivity index is 1.75. The maximum atomic E-state index is 12.1. The molecule has 0 aliphatic carbocycles. The minimum Gasteiger partial charge on any atom is -0.306 e. The molecule has 0 radical (unpaired) electrons. The fourth-order valence-electron chi connectivity index (χ4n) is 1.95. The van der Waals surface area contributed by atoms with Gasteiger partial charge in [-0.1, -0.05) is 6.07 Å². The Morgan fingerprint density at radius 3 is 2.57 bits per heavy atom. The number of benzene rings is 1. The van der Waals surface area contributed by atoms with E-state index in [-0.39, 0.29) is 5.78 Å². The van der Waals surface area contributed by atoms with Crippen molar-refractivity contribution in [3.05, 3.63) is 84.7 Å². The van der Waals surface area contributed by atoms with Gasteiger partial charge in [0.05, 0.1) is 6.33 Å². The van der Waals surface area contributed by atoms with Gasteiger partial charge in [0.2, 0.25) is 0 Å². The fourth-order valence-corrected chi connectivity index (χ4v) is 1.95. The Morgan fingerprint density at radius 2 is 1.90 bits per heavy atom. The van der Waals surface area contributed by atoms with Gasteiger partial charge in [-0.05, 0) is 48.0 Å². The van der Waals surface area contributed by atoms with Gasteiger partial charge in [-0.15, -0.1) is 0 Å². The van der Waals surface area contributed by atoms with E-state index in [0.717, 1.165) is 11.3 Å². The zero-order valence-corrected chi connectivity index (χ0v) is 11.3. The quantitative estimate of drug-likeness (QED) is 0.543. The Kier molecular flexibility index (Phi) is 3.69. The van der Waals surface area contributed by atoms with Gasteiger partial charge in [0.15, 0.2) is 5.78 Å². The molecule has 0 bridgehead atoms. The van der Waals surface area contributed by atoms with Crippen molar-refractivity contribution in [1.29, 1.82) is 0 Å². The molecule has 0 saturated carbocycles. The van der Waals surface area contributed by atoms with Crippen LogP contribution >= 0.6 is 0 Å². The number of hydrogen-bond acceptors (Lipinski definition) is 3. The molecule has 102 valence electrons. The lowest BCUT2D eigenvalue weighted by molar-refractivity contribution is 0.104. The van der Waals surface area contributed by atoms with E-state index in [0.29, 0.717) is 5.56 Å². The highest BCUT2D eigenvalue weighted by atomic mass is 16.1. The monoisotopic (exact) mass is 275 g/mol. The Labute approximate surface area is 122 Å². The van der Waals surface area contributed by atoms with Crippen molar-refractivity contribution >= 4 is 11.9 Å². The molecule has 0 spiro atoms. The van der Waals surface area contributed by atoms with Crippen molar-refractivity contribution < 1.29 is 4.79 Å². The van der Waals surface area contributed by atoms with Crippen LogP contribution in [0.25, 0.3) is 11.8 Å². The van der Waals surface area contributed by atoms with Crippen LogP contribution in [0.5, 0.6) is 0 Å². The Morgan fingerprint density at radius 1 is 1.05 bits per heavy atom. The zero-order chi connectivity index (χ0) is 14.5. The summed E-state index contributed by atoms with van der Waals surface area (Å²) in [7, 11) is 0. The third kappa shape index (κ3) is 3.12. The van der Waals surface area contributed by atoms with Crippen LogP contribution in [0.15, 0.2) is 73.6 Å². The predicted molar refractivity (Wildman–Crippen MR) is 81.2 cm³/mol. The predicted octanol–water partition coefficient (Wildman–Crippen LogP) is 3.16. The number of allylic oxidation sites excluding steroid dienone is 1. The number of aromatic nitrogens is 3. The van der Waals surface area contributed by atoms with Crippen molar-refractivity contribution in [2.45, 2.75) is 0 Å². The number of pyridine rings is 1. The summed E-state index contributed by atoms with van der Waals surface area (Å²) in [4.78, 5) is 20.1. The molecule has 4 heteroatoms. The van der Waals surface area contributed by atoms with E-state index in [1.54, 1.807) is 37.1 Å². The van der Waals surface area contributed by atoms with Gasteiger partial charge < -0.3 is 4.57 Å². The van der Waals surface area contributed by atoms with Gasteiger partial charge in [-0.2, -0.15) is 0 Å². The van der Waals surface area contributed by atoms with E-state index in [1.807, 2.05) is 47.2 Å². The molecule has 0 unspecified atom stereocenters. The summed E-state index contributed by atoms with van der Waals surface area (Å²) < 4.78 is 1.89. The molecule has 0 N–H and O–H groups in total. The van der Waals surface area contributed by atoms with E-state index in [9.17, 15) is 4.79 Å². The lowest BCUT2D eigenvalue weighted by Crippen LogP contribution is -1.96. The van der Waals surface area contributed by atoms with E-state index in [2.05, 4.69) is 9.97 Å². The van der Waals surface area contributed by atoms with Gasteiger partial charge in [-0.25, -0.2) is 4.98 Å². The number of carbonyl (C=O) groups is 1. The van der Waals surface area contributed by atoms with Crippen molar-refractivity contribution in [2.75, 3.05) is 0 Å². The largest absolute Gasteiger partial charge is 0.306 e. The average molecular weight is 275 g/mol. The first-order valence-corrected chi connectivity index (χ1v) is 6.54. The summed E-state index contributed by atoms with van der Waals surface area (Å²) in [5, 5.41) is 0. The van der Waals surface area contributed by atoms with E-state index >= 15 is 0 Å². The highest BCUT2D eigenvalue weighted by Gasteiger charge is 2.02. The summed E-state index contributed by atoms with van der Waals surface area (Å²) >= 11 is 0. The number of hydrogen-bond donors (Lipinski definition) is 0. The molecule has 1 aromatic carbocycles. The van der Waals surface area contributed by atoms with Crippen molar-refractivity contribution in [2.24, 2.45) is 0 Å². The molecule has 2 heterocycles. The van der Waals surface area contributed by atoms with Crippen LogP contribution in [0.4, 0.5) is 0 Å². The number of imidazole rings is 1. The third-order valence-corrected chi connectivity index (χ3v) is 3.07. The highest BCUT2D eigenvalue weighted by Crippen LogP contribution is 2.11. The summed E-state index contributed by atoms with van der Waals surface area (Å²) in [6, 6.07) is 11.2. The van der Waals surface area contributed by atoms with Gasteiger partial charge in [0.25, 0.3) is 0 Å². The van der Waals surface area contributed by atoms with E-state index < -0.39 is 0 Å². The highest BCUT2D eigenvalue weighted by molar-refractivity contribution is 6.06. The van der Waals surface area contributed by atoms with Crippen LogP contribution in [-0.2, 0) is 0 Å². The average Bonchev–Trinajstić information content (AvgIpc) is 3.08. The molecule has 0 aliphatic rings. The van der Waals surface area contributed by atoms with E-state index in [1.165, 1.54) is 0 Å². The second-order valence-corrected chi connectivity index (χ2v) is 4.50. The molecule has 3 rings (SSSR count). The van der Waals surface area contributed by atoms with Gasteiger partial charge in [0, 0.05) is 36.0 Å². The van der Waals surface area contributed by atoms with E-state index in [4.69, 9.17) is 0 Å². The molecule has 0 saturated heterocycles. The molecular formula is C17H13N3O. The molecule has 0 aliphatic heterocycles. The van der Waals surface area contributed by atoms with Crippen LogP contribution in [0, 0.1) is 0 Å². The second kappa shape index (κ2) is 5.96. The van der Waals surface area contributed by atoms with Crippen LogP contribution in [0.3, 0.4) is 0 Å². The maximum absolute atomic E-state index is 12.1. The lowest BCUT2D eigenvalue weighted by atomic mass is 10.1. The first-order chi connectivity index (χ1) is 10.3. The fraction of sp³-hybridized carbons (Fsp3) is 0. The molecule has 2 aromatic heterocycles. The van der Waals surface area contributed by atoms with Crippen molar-refractivity contribution in [1.82, 2.24) is 14.5 Å². The summed E-state index contributed by atoms with van der Waals surface area (Å²) in [5.74, 6) is -0.0314. The molecule has 0 atom stereocenters. The van der Waals surface area contributed by atoms with Crippen LogP contribution < -0.4 is 0 Å². The topological polar surface area (TPSA) is 47.8 Å². The summed E-state index contributed by atoms with van der Waals surface area (Å²) in [6.07, 6.45) is 12.0. The maximum Gasteiger partial charge on any atom is 0.185 e. The van der Waals surface area contributed by atoms with Crippen LogP contribution in [-0.4, -0.2) is 20.3 Å². The number of nitrogens with zero attached hydrogens (tertiary/aromatic N) is 3. The van der Waals surface area contributed by atoms with Gasteiger partial charge in [0.1, 0.15) is 0 Å². The number of carbonyl (C=O) groups excluding carboxylic acids is 1. The minimum atomic E-state index is -0.0314. The standard InChI is InChI=1S/C17H13N3O/c21-17(8-3-14-2-1-9-18-12-14)15-4-6-16(7-5-15)20-11-10-19-13-20/h1-13H/b8-3+. The molecule has 0 amide bonds. The second-order valence-electron chi connectivity index (χ2n) is 4.50. The SMILES string of the molecule is O=C(/C=C/c1cccnc1)c1ccc(-n2ccnc2)cc1. The van der Waals surface area contributed by atoms with Crippen LogP contribution in [0.1, 0.15) is 15.9 Å². The van der Waals surface area contributed by atoms with Gasteiger partial charge >= 0.3 is 0 Å². The Bertz CT molecular complexity index is 744. The van der Waals surface area contributed by atoms with Gasteiger partial charge in [-0.3, -0.25) is 9.78 Å². The normalized spacial score (nSPS) is 10.9. The molecular weight excluding hydrogens is 262 g/mol. The van der Waals surface area contributed by atoms with Crippen LogP contribution in [0.2, 0.25) is 0 Å². The minimum absolute atomic E-state index is 0.0314. The summed E-state index contributed by atoms with van der Waals surface area (Å²) in [5.41, 5.74) is 2.53.